The van der Waals surface area contributed by atoms with Crippen molar-refractivity contribution in [1.82, 2.24) is 5.32 Å². The van der Waals surface area contributed by atoms with Crippen LogP contribution in [0.2, 0.25) is 0 Å². The van der Waals surface area contributed by atoms with E-state index in [4.69, 9.17) is 9.47 Å². The minimum atomic E-state index is -0.691. The number of ether oxygens (including phenoxy) is 2. The van der Waals surface area contributed by atoms with Crippen molar-refractivity contribution in [2.45, 2.75) is 13.0 Å². The lowest BCUT2D eigenvalue weighted by Crippen LogP contribution is -2.27. The lowest BCUT2D eigenvalue weighted by atomic mass is 10.1. The minimum absolute atomic E-state index is 0.280. The second kappa shape index (κ2) is 9.03. The summed E-state index contributed by atoms with van der Waals surface area (Å²) >= 11 is 0. The SMILES string of the molecule is CN[C@@H](C)c1ccccc1P(c1ccc(OC)cc1)c1ccc(OC)cc1. The number of rotatable bonds is 7. The van der Waals surface area contributed by atoms with Crippen LogP contribution in [0, 0.1) is 0 Å². The number of hydrogen-bond acceptors (Lipinski definition) is 3. The molecule has 0 saturated carbocycles. The average molecular weight is 379 g/mol. The van der Waals surface area contributed by atoms with Gasteiger partial charge in [0, 0.05) is 6.04 Å². The summed E-state index contributed by atoms with van der Waals surface area (Å²) in [6, 6.07) is 25.9. The molecule has 4 heteroatoms. The monoisotopic (exact) mass is 379 g/mol. The molecule has 3 nitrogen and oxygen atoms in total. The highest BCUT2D eigenvalue weighted by atomic mass is 31.1. The third kappa shape index (κ3) is 4.32. The summed E-state index contributed by atoms with van der Waals surface area (Å²) in [6.07, 6.45) is 0. The summed E-state index contributed by atoms with van der Waals surface area (Å²) in [6.45, 7) is 2.20. The standard InChI is InChI=1S/C23H26NO2P/c1-17(24-2)22-7-5-6-8-23(22)27(20-13-9-18(25-3)10-14-20)21-15-11-19(26-4)12-16-21/h5-17,24H,1-4H3/t17-/m0/s1. The van der Waals surface area contributed by atoms with Crippen molar-refractivity contribution in [1.29, 1.82) is 0 Å². The van der Waals surface area contributed by atoms with Crippen LogP contribution in [-0.4, -0.2) is 21.3 Å². The highest BCUT2D eigenvalue weighted by Crippen LogP contribution is 2.36. The lowest BCUT2D eigenvalue weighted by molar-refractivity contribution is 0.415. The van der Waals surface area contributed by atoms with Crippen molar-refractivity contribution in [2.24, 2.45) is 0 Å². The average Bonchev–Trinajstić information content (AvgIpc) is 2.74. The predicted octanol–water partition coefficient (Wildman–Crippen LogP) is 3.74. The van der Waals surface area contributed by atoms with Crippen LogP contribution in [0.1, 0.15) is 18.5 Å². The normalized spacial score (nSPS) is 12.0. The molecule has 0 aliphatic rings. The zero-order valence-electron chi connectivity index (χ0n) is 16.3. The Labute approximate surface area is 163 Å². The van der Waals surface area contributed by atoms with Crippen LogP contribution in [0.5, 0.6) is 11.5 Å². The lowest BCUT2D eigenvalue weighted by Gasteiger charge is -2.25. The Morgan fingerprint density at radius 2 is 1.22 bits per heavy atom. The number of benzene rings is 3. The molecule has 3 aromatic rings. The molecular formula is C23H26NO2P. The van der Waals surface area contributed by atoms with Crippen molar-refractivity contribution in [3.05, 3.63) is 78.4 Å². The summed E-state index contributed by atoms with van der Waals surface area (Å²) in [4.78, 5) is 0. The molecule has 0 aliphatic heterocycles. The van der Waals surface area contributed by atoms with E-state index < -0.39 is 7.92 Å². The second-order valence-electron chi connectivity index (χ2n) is 6.30. The quantitative estimate of drug-likeness (QED) is 0.635. The van der Waals surface area contributed by atoms with Crippen molar-refractivity contribution in [2.75, 3.05) is 21.3 Å². The van der Waals surface area contributed by atoms with E-state index >= 15 is 0 Å². The summed E-state index contributed by atoms with van der Waals surface area (Å²) in [7, 11) is 4.71. The van der Waals surface area contributed by atoms with E-state index in [2.05, 4.69) is 60.8 Å². The fourth-order valence-electron chi connectivity index (χ4n) is 3.10. The molecule has 0 unspecified atom stereocenters. The fourth-order valence-corrected chi connectivity index (χ4v) is 5.61. The van der Waals surface area contributed by atoms with Gasteiger partial charge in [-0.05, 0) is 67.6 Å². The van der Waals surface area contributed by atoms with Crippen molar-refractivity contribution < 1.29 is 9.47 Å². The zero-order valence-corrected chi connectivity index (χ0v) is 17.2. The molecule has 140 valence electrons. The van der Waals surface area contributed by atoms with E-state index in [1.54, 1.807) is 14.2 Å². The van der Waals surface area contributed by atoms with E-state index in [1.807, 2.05) is 31.3 Å². The largest absolute Gasteiger partial charge is 0.497 e. The van der Waals surface area contributed by atoms with Crippen LogP contribution in [-0.2, 0) is 0 Å². The molecule has 0 aliphatic carbocycles. The molecule has 0 aromatic heterocycles. The number of nitrogens with one attached hydrogen (secondary N) is 1. The van der Waals surface area contributed by atoms with Gasteiger partial charge >= 0.3 is 0 Å². The fraction of sp³-hybridized carbons (Fsp3) is 0.217. The Kier molecular flexibility index (Phi) is 6.49. The van der Waals surface area contributed by atoms with E-state index in [1.165, 1.54) is 21.5 Å². The van der Waals surface area contributed by atoms with Gasteiger partial charge in [-0.3, -0.25) is 0 Å². The number of methoxy groups -OCH3 is 2. The third-order valence-electron chi connectivity index (χ3n) is 4.74. The summed E-state index contributed by atoms with van der Waals surface area (Å²) < 4.78 is 10.7. The second-order valence-corrected chi connectivity index (χ2v) is 8.49. The van der Waals surface area contributed by atoms with E-state index in [0.717, 1.165) is 11.5 Å². The van der Waals surface area contributed by atoms with Crippen molar-refractivity contribution in [3.8, 4) is 11.5 Å². The van der Waals surface area contributed by atoms with Crippen LogP contribution in [0.3, 0.4) is 0 Å². The van der Waals surface area contributed by atoms with Crippen molar-refractivity contribution in [3.63, 3.8) is 0 Å². The van der Waals surface area contributed by atoms with E-state index in [-0.39, 0.29) is 6.04 Å². The first-order chi connectivity index (χ1) is 13.2. The van der Waals surface area contributed by atoms with Crippen LogP contribution in [0.15, 0.2) is 72.8 Å². The molecule has 0 fully saturated rings. The van der Waals surface area contributed by atoms with Gasteiger partial charge in [-0.15, -0.1) is 0 Å². The van der Waals surface area contributed by atoms with Crippen molar-refractivity contribution >= 4 is 23.8 Å². The van der Waals surface area contributed by atoms with Gasteiger partial charge in [-0.25, -0.2) is 0 Å². The molecule has 3 aromatic carbocycles. The maximum absolute atomic E-state index is 5.35. The van der Waals surface area contributed by atoms with Crippen LogP contribution in [0.25, 0.3) is 0 Å². The van der Waals surface area contributed by atoms with E-state index in [0.29, 0.717) is 0 Å². The molecule has 0 radical (unpaired) electrons. The van der Waals surface area contributed by atoms with Crippen LogP contribution >= 0.6 is 7.92 Å². The highest BCUT2D eigenvalue weighted by Gasteiger charge is 2.21. The molecule has 0 heterocycles. The molecule has 3 rings (SSSR count). The zero-order chi connectivity index (χ0) is 19.2. The van der Waals surface area contributed by atoms with Gasteiger partial charge in [0.2, 0.25) is 0 Å². The molecule has 0 spiro atoms. The maximum Gasteiger partial charge on any atom is 0.118 e. The Morgan fingerprint density at radius 1 is 0.741 bits per heavy atom. The maximum atomic E-state index is 5.35. The van der Waals surface area contributed by atoms with Gasteiger partial charge in [-0.2, -0.15) is 0 Å². The highest BCUT2D eigenvalue weighted by molar-refractivity contribution is 7.79. The number of hydrogen-bond donors (Lipinski definition) is 1. The van der Waals surface area contributed by atoms with Gasteiger partial charge in [0.05, 0.1) is 14.2 Å². The van der Waals surface area contributed by atoms with Gasteiger partial charge in [-0.1, -0.05) is 48.5 Å². The molecule has 0 saturated heterocycles. The Hall–Kier alpha value is -2.35. The molecule has 27 heavy (non-hydrogen) atoms. The third-order valence-corrected chi connectivity index (χ3v) is 7.26. The Morgan fingerprint density at radius 3 is 1.67 bits per heavy atom. The summed E-state index contributed by atoms with van der Waals surface area (Å²) in [5, 5.41) is 7.35. The first-order valence-corrected chi connectivity index (χ1v) is 10.4. The minimum Gasteiger partial charge on any atom is -0.497 e. The topological polar surface area (TPSA) is 30.5 Å². The van der Waals surface area contributed by atoms with Crippen LogP contribution < -0.4 is 30.7 Å². The Bertz CT molecular complexity index is 815. The smallest absolute Gasteiger partial charge is 0.118 e. The predicted molar refractivity (Wildman–Crippen MR) is 116 cm³/mol. The molecular weight excluding hydrogens is 353 g/mol. The van der Waals surface area contributed by atoms with Gasteiger partial charge in [0.15, 0.2) is 0 Å². The van der Waals surface area contributed by atoms with Crippen LogP contribution in [0.4, 0.5) is 0 Å². The first kappa shape index (κ1) is 19.4. The first-order valence-electron chi connectivity index (χ1n) is 9.02. The summed E-state index contributed by atoms with van der Waals surface area (Å²) in [5.41, 5.74) is 1.33. The van der Waals surface area contributed by atoms with Gasteiger partial charge < -0.3 is 14.8 Å². The molecule has 0 bridgehead atoms. The van der Waals surface area contributed by atoms with Gasteiger partial charge in [0.1, 0.15) is 11.5 Å². The summed E-state index contributed by atoms with van der Waals surface area (Å²) in [5.74, 6) is 1.75. The van der Waals surface area contributed by atoms with E-state index in [9.17, 15) is 0 Å². The molecule has 0 amide bonds. The Balaban J connectivity index is 2.15. The molecule has 1 N–H and O–H groups in total. The molecule has 1 atom stereocenters. The van der Waals surface area contributed by atoms with Gasteiger partial charge in [0.25, 0.3) is 0 Å².